The van der Waals surface area contributed by atoms with E-state index in [2.05, 4.69) is 13.8 Å². The molecular weight excluding hydrogens is 689 g/mol. The van der Waals surface area contributed by atoms with Gasteiger partial charge in [0.15, 0.2) is 0 Å². The highest BCUT2D eigenvalue weighted by Gasteiger charge is 2.19. The molecule has 0 saturated carbocycles. The fraction of sp³-hybridized carbons (Fsp3) is 0.769. The lowest BCUT2D eigenvalue weighted by Gasteiger charge is -2.12. The Morgan fingerprint density at radius 3 is 0.821 bits per heavy atom. The Balaban J connectivity index is 1.47. The molecular formula is C52H88O4. The van der Waals surface area contributed by atoms with Crippen LogP contribution in [0, 0.1) is 0 Å². The van der Waals surface area contributed by atoms with Gasteiger partial charge in [0.05, 0.1) is 24.3 Å². The highest BCUT2D eigenvalue weighted by atomic mass is 16.5. The van der Waals surface area contributed by atoms with E-state index in [1.807, 2.05) is 24.3 Å². The number of hydrogen-bond donors (Lipinski definition) is 0. The first-order valence-electron chi connectivity index (χ1n) is 24.5. The van der Waals surface area contributed by atoms with Gasteiger partial charge in [-0.1, -0.05) is 256 Å². The van der Waals surface area contributed by atoms with Gasteiger partial charge < -0.3 is 9.47 Å². The van der Waals surface area contributed by atoms with Crippen LogP contribution in [-0.4, -0.2) is 25.2 Å². The molecule has 0 N–H and O–H groups in total. The Kier molecular flexibility index (Phi) is 32.8. The molecule has 320 valence electrons. The smallest absolute Gasteiger partial charge is 0.338 e. The molecule has 4 heteroatoms. The number of carbonyl (C=O) groups is 2. The summed E-state index contributed by atoms with van der Waals surface area (Å²) in [5, 5.41) is 1.50. The second-order valence-corrected chi connectivity index (χ2v) is 17.0. The summed E-state index contributed by atoms with van der Waals surface area (Å²) >= 11 is 0. The monoisotopic (exact) mass is 777 g/mol. The number of esters is 2. The Morgan fingerprint density at radius 2 is 0.571 bits per heavy atom. The van der Waals surface area contributed by atoms with E-state index in [9.17, 15) is 9.59 Å². The molecule has 0 aliphatic carbocycles. The molecule has 0 saturated heterocycles. The van der Waals surface area contributed by atoms with Crippen molar-refractivity contribution >= 4 is 22.7 Å². The largest absolute Gasteiger partial charge is 0.462 e. The molecule has 0 aliphatic heterocycles. The Bertz CT molecular complexity index is 1200. The SMILES string of the molecule is CCCCCCCCCCCCCCCCCCCCCCCCOC(=O)c1cccc2cccc(C(=O)OCCCCCCCCCCCCCCCC)c12. The van der Waals surface area contributed by atoms with E-state index in [0.29, 0.717) is 29.7 Å². The van der Waals surface area contributed by atoms with Crippen LogP contribution in [0.2, 0.25) is 0 Å². The molecule has 56 heavy (non-hydrogen) atoms. The van der Waals surface area contributed by atoms with Crippen molar-refractivity contribution in [3.63, 3.8) is 0 Å². The molecule has 0 radical (unpaired) electrons. The molecule has 0 spiro atoms. The lowest BCUT2D eigenvalue weighted by molar-refractivity contribution is 0.0498. The Morgan fingerprint density at radius 1 is 0.339 bits per heavy atom. The van der Waals surface area contributed by atoms with Crippen molar-refractivity contribution in [1.82, 2.24) is 0 Å². The maximum absolute atomic E-state index is 13.2. The number of ether oxygens (including phenoxy) is 2. The first-order chi connectivity index (χ1) is 27.7. The van der Waals surface area contributed by atoms with Gasteiger partial charge in [-0.05, 0) is 30.4 Å². The summed E-state index contributed by atoms with van der Waals surface area (Å²) in [5.41, 5.74) is 0.898. The molecule has 0 atom stereocenters. The van der Waals surface area contributed by atoms with Crippen molar-refractivity contribution in [2.24, 2.45) is 0 Å². The van der Waals surface area contributed by atoms with Gasteiger partial charge in [-0.15, -0.1) is 0 Å². The molecule has 0 heterocycles. The van der Waals surface area contributed by atoms with E-state index in [1.54, 1.807) is 12.1 Å². The number of unbranched alkanes of at least 4 members (excludes halogenated alkanes) is 34. The molecule has 2 aromatic carbocycles. The van der Waals surface area contributed by atoms with Crippen LogP contribution < -0.4 is 0 Å². The van der Waals surface area contributed by atoms with Crippen LogP contribution in [0.15, 0.2) is 36.4 Å². The van der Waals surface area contributed by atoms with Gasteiger partial charge in [0.25, 0.3) is 0 Å². The second-order valence-electron chi connectivity index (χ2n) is 17.0. The third kappa shape index (κ3) is 25.8. The third-order valence-corrected chi connectivity index (χ3v) is 11.8. The van der Waals surface area contributed by atoms with Gasteiger partial charge >= 0.3 is 11.9 Å². The molecule has 0 aliphatic rings. The van der Waals surface area contributed by atoms with Crippen LogP contribution in [-0.2, 0) is 9.47 Å². The van der Waals surface area contributed by atoms with Crippen molar-refractivity contribution in [2.45, 2.75) is 245 Å². The van der Waals surface area contributed by atoms with Crippen molar-refractivity contribution in [3.8, 4) is 0 Å². The molecule has 2 aromatic rings. The minimum absolute atomic E-state index is 0.355. The van der Waals surface area contributed by atoms with E-state index in [1.165, 1.54) is 205 Å². The summed E-state index contributed by atoms with van der Waals surface area (Å²) in [7, 11) is 0. The summed E-state index contributed by atoms with van der Waals surface area (Å²) in [5.74, 6) is -0.712. The van der Waals surface area contributed by atoms with E-state index < -0.39 is 0 Å². The summed E-state index contributed by atoms with van der Waals surface area (Å²) < 4.78 is 11.4. The Labute approximate surface area is 346 Å². The summed E-state index contributed by atoms with van der Waals surface area (Å²) in [6, 6.07) is 11.1. The van der Waals surface area contributed by atoms with Crippen molar-refractivity contribution in [3.05, 3.63) is 47.5 Å². The normalized spacial score (nSPS) is 11.4. The maximum atomic E-state index is 13.2. The molecule has 0 amide bonds. The number of hydrogen-bond acceptors (Lipinski definition) is 4. The van der Waals surface area contributed by atoms with Crippen LogP contribution >= 0.6 is 0 Å². The van der Waals surface area contributed by atoms with Crippen molar-refractivity contribution in [1.29, 1.82) is 0 Å². The average molecular weight is 777 g/mol. The zero-order valence-corrected chi connectivity index (χ0v) is 37.0. The quantitative estimate of drug-likeness (QED) is 0.0500. The number of benzene rings is 2. The lowest BCUT2D eigenvalue weighted by Crippen LogP contribution is -2.11. The van der Waals surface area contributed by atoms with Crippen LogP contribution in [0.25, 0.3) is 10.8 Å². The van der Waals surface area contributed by atoms with Gasteiger partial charge in [0, 0.05) is 5.39 Å². The third-order valence-electron chi connectivity index (χ3n) is 11.8. The number of carbonyl (C=O) groups excluding carboxylic acids is 2. The minimum atomic E-state index is -0.356. The average Bonchev–Trinajstić information content (AvgIpc) is 3.21. The van der Waals surface area contributed by atoms with E-state index in [-0.39, 0.29) is 11.9 Å². The highest BCUT2D eigenvalue weighted by molar-refractivity contribution is 6.13. The molecule has 0 fully saturated rings. The maximum Gasteiger partial charge on any atom is 0.338 e. The topological polar surface area (TPSA) is 52.6 Å². The standard InChI is InChI=1S/C52H88O4/c1-3-5-7-9-11-13-15-17-19-20-21-22-23-24-25-26-28-30-32-34-36-38-46-56-52(54)49-44-40-42-47-41-39-43-48(50(47)49)51(53)55-45-37-35-33-31-29-27-18-16-14-12-10-8-6-4-2/h39-44H,3-38,45-46H2,1-2H3. The van der Waals surface area contributed by atoms with Gasteiger partial charge in [-0.25, -0.2) is 9.59 Å². The fourth-order valence-electron chi connectivity index (χ4n) is 8.17. The van der Waals surface area contributed by atoms with Crippen LogP contribution in [0.4, 0.5) is 0 Å². The van der Waals surface area contributed by atoms with Gasteiger partial charge in [0.1, 0.15) is 0 Å². The molecule has 2 rings (SSSR count). The zero-order chi connectivity index (χ0) is 40.0. The first kappa shape index (κ1) is 49.8. The Hall–Kier alpha value is -2.36. The van der Waals surface area contributed by atoms with Crippen LogP contribution in [0.1, 0.15) is 266 Å². The molecule has 4 nitrogen and oxygen atoms in total. The fourth-order valence-corrected chi connectivity index (χ4v) is 8.17. The second kappa shape index (κ2) is 36.9. The van der Waals surface area contributed by atoms with Gasteiger partial charge in [0.2, 0.25) is 0 Å². The van der Waals surface area contributed by atoms with Gasteiger partial charge in [-0.2, -0.15) is 0 Å². The van der Waals surface area contributed by atoms with E-state index in [4.69, 9.17) is 9.47 Å². The number of fused-ring (bicyclic) bond motifs is 1. The van der Waals surface area contributed by atoms with Crippen LogP contribution in [0.3, 0.4) is 0 Å². The van der Waals surface area contributed by atoms with E-state index >= 15 is 0 Å². The number of rotatable bonds is 40. The first-order valence-corrected chi connectivity index (χ1v) is 24.5. The van der Waals surface area contributed by atoms with Crippen molar-refractivity contribution < 1.29 is 19.1 Å². The summed E-state index contributed by atoms with van der Waals surface area (Å²) in [6.07, 6.45) is 48.0. The predicted molar refractivity (Wildman–Crippen MR) is 242 cm³/mol. The van der Waals surface area contributed by atoms with E-state index in [0.717, 1.165) is 31.1 Å². The molecule has 0 bridgehead atoms. The minimum Gasteiger partial charge on any atom is -0.462 e. The van der Waals surface area contributed by atoms with Crippen molar-refractivity contribution in [2.75, 3.05) is 13.2 Å². The van der Waals surface area contributed by atoms with Gasteiger partial charge in [-0.3, -0.25) is 0 Å². The summed E-state index contributed by atoms with van der Waals surface area (Å²) in [6.45, 7) is 5.40. The zero-order valence-electron chi connectivity index (χ0n) is 37.0. The predicted octanol–water partition coefficient (Wildman–Crippen LogP) is 17.2. The summed E-state index contributed by atoms with van der Waals surface area (Å²) in [4.78, 5) is 26.3. The molecule has 0 aromatic heterocycles. The highest BCUT2D eigenvalue weighted by Crippen LogP contribution is 2.25. The lowest BCUT2D eigenvalue weighted by atomic mass is 9.99. The molecule has 0 unspecified atom stereocenters. The van der Waals surface area contributed by atoms with Crippen LogP contribution in [0.5, 0.6) is 0 Å².